The van der Waals surface area contributed by atoms with Gasteiger partial charge in [-0.15, -0.1) is 0 Å². The van der Waals surface area contributed by atoms with Crippen molar-refractivity contribution in [2.45, 2.75) is 57.4 Å². The number of hydrogen-bond acceptors (Lipinski definition) is 2. The van der Waals surface area contributed by atoms with Crippen LogP contribution in [0.1, 0.15) is 51.4 Å². The third-order valence-electron chi connectivity index (χ3n) is 4.97. The minimum absolute atomic E-state index is 0.408. The third kappa shape index (κ3) is 1.81. The molecule has 90 valence electrons. The van der Waals surface area contributed by atoms with Gasteiger partial charge < -0.3 is 0 Å². The second kappa shape index (κ2) is 4.48. The molecule has 0 N–H and O–H groups in total. The Kier molecular flexibility index (Phi) is 3.01. The van der Waals surface area contributed by atoms with Crippen molar-refractivity contribution < 1.29 is 4.79 Å². The maximum absolute atomic E-state index is 12.2. The molecule has 2 heteroatoms. The third-order valence-corrected chi connectivity index (χ3v) is 4.97. The van der Waals surface area contributed by atoms with Crippen LogP contribution < -0.4 is 0 Å². The number of fused-ring (bicyclic) bond motifs is 2. The SMILES string of the molecule is O=C1[C@@H]2CCC[C@@H]1[C@H](N1CCCCC1)CC2. The first kappa shape index (κ1) is 10.8. The number of ketones is 1. The highest BCUT2D eigenvalue weighted by atomic mass is 16.1. The summed E-state index contributed by atoms with van der Waals surface area (Å²) in [6.45, 7) is 2.50. The molecule has 2 saturated carbocycles. The van der Waals surface area contributed by atoms with Crippen LogP contribution in [0.4, 0.5) is 0 Å². The minimum Gasteiger partial charge on any atom is -0.300 e. The van der Waals surface area contributed by atoms with Crippen molar-refractivity contribution in [2.75, 3.05) is 13.1 Å². The van der Waals surface area contributed by atoms with Gasteiger partial charge in [0.25, 0.3) is 0 Å². The van der Waals surface area contributed by atoms with Crippen molar-refractivity contribution in [1.82, 2.24) is 4.90 Å². The normalized spacial score (nSPS) is 41.0. The van der Waals surface area contributed by atoms with Crippen LogP contribution in [0.15, 0.2) is 0 Å². The number of carbonyl (C=O) groups is 1. The molecule has 1 heterocycles. The molecule has 0 aromatic rings. The van der Waals surface area contributed by atoms with Gasteiger partial charge in [-0.25, -0.2) is 0 Å². The van der Waals surface area contributed by atoms with Gasteiger partial charge in [0.05, 0.1) is 0 Å². The van der Waals surface area contributed by atoms with Crippen LogP contribution in [-0.4, -0.2) is 29.8 Å². The average Bonchev–Trinajstić information content (AvgIpc) is 2.30. The van der Waals surface area contributed by atoms with Crippen LogP contribution in [0, 0.1) is 11.8 Å². The standard InChI is InChI=1S/C14H23NO/c16-14-11-5-4-6-12(14)13(8-7-11)15-9-2-1-3-10-15/h11-13H,1-10H2/t11-,12-,13-/m1/s1. The zero-order valence-corrected chi connectivity index (χ0v) is 10.2. The Hall–Kier alpha value is -0.370. The fraction of sp³-hybridized carbons (Fsp3) is 0.929. The fourth-order valence-corrected chi connectivity index (χ4v) is 4.10. The molecule has 3 fully saturated rings. The van der Waals surface area contributed by atoms with Crippen molar-refractivity contribution in [3.05, 3.63) is 0 Å². The Morgan fingerprint density at radius 3 is 2.50 bits per heavy atom. The molecule has 0 spiro atoms. The first-order chi connectivity index (χ1) is 7.86. The first-order valence-electron chi connectivity index (χ1n) is 7.14. The number of nitrogens with zero attached hydrogens (tertiary/aromatic N) is 1. The zero-order chi connectivity index (χ0) is 11.0. The molecule has 0 amide bonds. The van der Waals surface area contributed by atoms with Crippen molar-refractivity contribution in [2.24, 2.45) is 11.8 Å². The van der Waals surface area contributed by atoms with E-state index >= 15 is 0 Å². The van der Waals surface area contributed by atoms with Crippen molar-refractivity contribution in [3.63, 3.8) is 0 Å². The number of Topliss-reactive ketones (excluding diaryl/α,β-unsaturated/α-hetero) is 1. The minimum atomic E-state index is 0.408. The summed E-state index contributed by atoms with van der Waals surface area (Å²) >= 11 is 0. The van der Waals surface area contributed by atoms with E-state index in [0.29, 0.717) is 23.7 Å². The van der Waals surface area contributed by atoms with E-state index in [4.69, 9.17) is 0 Å². The average molecular weight is 221 g/mol. The second-order valence-electron chi connectivity index (χ2n) is 5.88. The molecule has 2 aliphatic carbocycles. The van der Waals surface area contributed by atoms with Crippen molar-refractivity contribution >= 4 is 5.78 Å². The van der Waals surface area contributed by atoms with E-state index in [1.54, 1.807) is 0 Å². The molecule has 0 radical (unpaired) electrons. The summed E-state index contributed by atoms with van der Waals surface area (Å²) in [5, 5.41) is 0. The van der Waals surface area contributed by atoms with Gasteiger partial charge in [-0.05, 0) is 51.6 Å². The lowest BCUT2D eigenvalue weighted by molar-refractivity contribution is -0.136. The molecule has 0 aromatic carbocycles. The van der Waals surface area contributed by atoms with E-state index in [1.807, 2.05) is 0 Å². The topological polar surface area (TPSA) is 20.3 Å². The van der Waals surface area contributed by atoms with Gasteiger partial charge in [-0.3, -0.25) is 9.69 Å². The highest BCUT2D eigenvalue weighted by Gasteiger charge is 2.42. The summed E-state index contributed by atoms with van der Waals surface area (Å²) < 4.78 is 0. The summed E-state index contributed by atoms with van der Waals surface area (Å²) in [5.74, 6) is 1.47. The Labute approximate surface area is 98.4 Å². The molecule has 16 heavy (non-hydrogen) atoms. The molecule has 1 saturated heterocycles. The van der Waals surface area contributed by atoms with Gasteiger partial charge in [-0.1, -0.05) is 12.8 Å². The van der Waals surface area contributed by atoms with Crippen LogP contribution in [-0.2, 0) is 4.79 Å². The predicted octanol–water partition coefficient (Wildman–Crippen LogP) is 2.62. The Morgan fingerprint density at radius 2 is 1.69 bits per heavy atom. The number of piperidine rings is 1. The van der Waals surface area contributed by atoms with Crippen LogP contribution in [0.25, 0.3) is 0 Å². The first-order valence-corrected chi connectivity index (χ1v) is 7.14. The predicted molar refractivity (Wildman–Crippen MR) is 64.3 cm³/mol. The largest absolute Gasteiger partial charge is 0.300 e. The van der Waals surface area contributed by atoms with E-state index in [9.17, 15) is 4.79 Å². The Bertz CT molecular complexity index is 270. The van der Waals surface area contributed by atoms with Crippen LogP contribution >= 0.6 is 0 Å². The maximum Gasteiger partial charge on any atom is 0.140 e. The summed E-state index contributed by atoms with van der Waals surface area (Å²) in [5.41, 5.74) is 0. The summed E-state index contributed by atoms with van der Waals surface area (Å²) in [4.78, 5) is 14.9. The van der Waals surface area contributed by atoms with Gasteiger partial charge in [-0.2, -0.15) is 0 Å². The monoisotopic (exact) mass is 221 g/mol. The summed E-state index contributed by atoms with van der Waals surface area (Å²) in [6, 6.07) is 0.615. The summed E-state index contributed by atoms with van der Waals surface area (Å²) in [7, 11) is 0. The molecule has 2 bridgehead atoms. The van der Waals surface area contributed by atoms with E-state index in [-0.39, 0.29) is 0 Å². The molecular weight excluding hydrogens is 198 g/mol. The molecular formula is C14H23NO. The highest BCUT2D eigenvalue weighted by molar-refractivity contribution is 5.85. The molecule has 3 aliphatic rings. The molecule has 1 aliphatic heterocycles. The van der Waals surface area contributed by atoms with Crippen LogP contribution in [0.5, 0.6) is 0 Å². The molecule has 0 aromatic heterocycles. The molecule has 2 nitrogen and oxygen atoms in total. The lowest BCUT2D eigenvalue weighted by Crippen LogP contribution is -2.51. The molecule has 3 atom stereocenters. The van der Waals surface area contributed by atoms with E-state index < -0.39 is 0 Å². The second-order valence-corrected chi connectivity index (χ2v) is 5.88. The quantitative estimate of drug-likeness (QED) is 0.678. The highest BCUT2D eigenvalue weighted by Crippen LogP contribution is 2.39. The fourth-order valence-electron chi connectivity index (χ4n) is 4.10. The van der Waals surface area contributed by atoms with Crippen LogP contribution in [0.3, 0.4) is 0 Å². The van der Waals surface area contributed by atoms with E-state index in [2.05, 4.69) is 4.90 Å². The number of rotatable bonds is 1. The lowest BCUT2D eigenvalue weighted by atomic mass is 9.68. The van der Waals surface area contributed by atoms with E-state index in [0.717, 1.165) is 0 Å². The van der Waals surface area contributed by atoms with Gasteiger partial charge >= 0.3 is 0 Å². The molecule has 3 rings (SSSR count). The van der Waals surface area contributed by atoms with Gasteiger partial charge in [0.1, 0.15) is 5.78 Å². The lowest BCUT2D eigenvalue weighted by Gasteiger charge is -2.45. The van der Waals surface area contributed by atoms with E-state index in [1.165, 1.54) is 64.5 Å². The number of likely N-dealkylation sites (tertiary alicyclic amines) is 1. The maximum atomic E-state index is 12.2. The van der Waals surface area contributed by atoms with Gasteiger partial charge in [0.2, 0.25) is 0 Å². The Balaban J connectivity index is 1.72. The molecule has 0 unspecified atom stereocenters. The van der Waals surface area contributed by atoms with Crippen molar-refractivity contribution in [3.8, 4) is 0 Å². The smallest absolute Gasteiger partial charge is 0.140 e. The van der Waals surface area contributed by atoms with Crippen LogP contribution in [0.2, 0.25) is 0 Å². The number of hydrogen-bond donors (Lipinski definition) is 0. The van der Waals surface area contributed by atoms with Gasteiger partial charge in [0, 0.05) is 17.9 Å². The zero-order valence-electron chi connectivity index (χ0n) is 10.2. The summed E-state index contributed by atoms with van der Waals surface area (Å²) in [6.07, 6.45) is 10.2. The Morgan fingerprint density at radius 1 is 0.875 bits per heavy atom. The number of carbonyl (C=O) groups excluding carboxylic acids is 1. The van der Waals surface area contributed by atoms with Crippen molar-refractivity contribution in [1.29, 1.82) is 0 Å². The van der Waals surface area contributed by atoms with Gasteiger partial charge in [0.15, 0.2) is 0 Å².